The maximum atomic E-state index is 6.41. The standard InChI is InChI=1S/C58H33N3OS/c1-2-14-34(15-3-1)45-33-50-55(43-21-7-6-18-39(43)45)54-38-17-5-4-16-35(38)27-29-49(54)61(50)37-31-46-42-20-10-13-25-53(42)63-57(46)47(32-37)58-59-48-23-11-8-22-44(48)56(60-58)36-26-28-41-40-19-9-12-24-51(40)62-52(41)30-36/h1-33H. The Hall–Kier alpha value is -8.12. The number of thiophene rings is 1. The first-order valence-electron chi connectivity index (χ1n) is 21.3. The highest BCUT2D eigenvalue weighted by Crippen LogP contribution is 2.47. The third-order valence-electron chi connectivity index (χ3n) is 13.0. The average molecular weight is 820 g/mol. The van der Waals surface area contributed by atoms with Crippen molar-refractivity contribution in [3.05, 3.63) is 200 Å². The van der Waals surface area contributed by atoms with Gasteiger partial charge in [0.15, 0.2) is 5.82 Å². The highest BCUT2D eigenvalue weighted by molar-refractivity contribution is 7.26. The predicted molar refractivity (Wildman–Crippen MR) is 265 cm³/mol. The molecule has 0 atom stereocenters. The van der Waals surface area contributed by atoms with E-state index in [9.17, 15) is 0 Å². The molecule has 0 aliphatic rings. The van der Waals surface area contributed by atoms with Crippen molar-refractivity contribution < 1.29 is 4.42 Å². The van der Waals surface area contributed by atoms with Crippen LogP contribution in [0.15, 0.2) is 205 Å². The van der Waals surface area contributed by atoms with E-state index in [2.05, 4.69) is 193 Å². The summed E-state index contributed by atoms with van der Waals surface area (Å²) in [5, 5.41) is 13.0. The molecule has 14 rings (SSSR count). The molecule has 4 nitrogen and oxygen atoms in total. The van der Waals surface area contributed by atoms with Crippen LogP contribution in [-0.2, 0) is 0 Å². The van der Waals surface area contributed by atoms with Crippen LogP contribution < -0.4 is 0 Å². The molecule has 0 unspecified atom stereocenters. The molecule has 5 heteroatoms. The molecule has 0 fully saturated rings. The van der Waals surface area contributed by atoms with E-state index < -0.39 is 0 Å². The van der Waals surface area contributed by atoms with Crippen molar-refractivity contribution in [1.82, 2.24) is 14.5 Å². The van der Waals surface area contributed by atoms with Gasteiger partial charge in [-0.1, -0.05) is 146 Å². The molecular weight excluding hydrogens is 787 g/mol. The van der Waals surface area contributed by atoms with E-state index in [-0.39, 0.29) is 0 Å². The Morgan fingerprint density at radius 3 is 2.00 bits per heavy atom. The van der Waals surface area contributed by atoms with Crippen molar-refractivity contribution in [1.29, 1.82) is 0 Å². The zero-order valence-corrected chi connectivity index (χ0v) is 34.5. The van der Waals surface area contributed by atoms with Crippen molar-refractivity contribution in [2.75, 3.05) is 0 Å². The van der Waals surface area contributed by atoms with Crippen LogP contribution in [0.25, 0.3) is 136 Å². The fourth-order valence-electron chi connectivity index (χ4n) is 10.2. The number of hydrogen-bond acceptors (Lipinski definition) is 4. The number of hydrogen-bond donors (Lipinski definition) is 0. The van der Waals surface area contributed by atoms with Gasteiger partial charge in [-0.2, -0.15) is 0 Å². The lowest BCUT2D eigenvalue weighted by Gasteiger charge is -2.15. The molecule has 0 spiro atoms. The van der Waals surface area contributed by atoms with E-state index in [0.717, 1.165) is 71.1 Å². The molecule has 0 saturated heterocycles. The van der Waals surface area contributed by atoms with Crippen LogP contribution >= 0.6 is 11.3 Å². The number of fused-ring (bicyclic) bond motifs is 14. The first-order valence-corrected chi connectivity index (χ1v) is 22.1. The van der Waals surface area contributed by atoms with Crippen LogP contribution in [0.3, 0.4) is 0 Å². The minimum atomic E-state index is 0.688. The van der Waals surface area contributed by atoms with Crippen molar-refractivity contribution in [3.8, 4) is 39.5 Å². The first kappa shape index (κ1) is 34.6. The summed E-state index contributed by atoms with van der Waals surface area (Å²) >= 11 is 1.81. The summed E-state index contributed by atoms with van der Waals surface area (Å²) < 4.78 is 11.3. The Morgan fingerprint density at radius 2 is 1.11 bits per heavy atom. The maximum Gasteiger partial charge on any atom is 0.161 e. The Kier molecular flexibility index (Phi) is 7.24. The second-order valence-corrected chi connectivity index (χ2v) is 17.5. The largest absolute Gasteiger partial charge is 0.456 e. The van der Waals surface area contributed by atoms with Gasteiger partial charge in [-0.05, 0) is 87.3 Å². The van der Waals surface area contributed by atoms with E-state index in [1.165, 1.54) is 58.9 Å². The van der Waals surface area contributed by atoms with Crippen molar-refractivity contribution in [2.45, 2.75) is 0 Å². The normalized spacial score (nSPS) is 12.1. The van der Waals surface area contributed by atoms with E-state index in [0.29, 0.717) is 5.82 Å². The smallest absolute Gasteiger partial charge is 0.161 e. The minimum Gasteiger partial charge on any atom is -0.456 e. The van der Waals surface area contributed by atoms with E-state index in [1.54, 1.807) is 11.3 Å². The summed E-state index contributed by atoms with van der Waals surface area (Å²) in [5.41, 5.74) is 11.2. The molecule has 63 heavy (non-hydrogen) atoms. The van der Waals surface area contributed by atoms with Crippen molar-refractivity contribution in [2.24, 2.45) is 0 Å². The molecule has 0 N–H and O–H groups in total. The molecule has 292 valence electrons. The highest BCUT2D eigenvalue weighted by Gasteiger charge is 2.23. The fourth-order valence-corrected chi connectivity index (χ4v) is 11.4. The summed E-state index contributed by atoms with van der Waals surface area (Å²) in [6.07, 6.45) is 0. The second kappa shape index (κ2) is 13.2. The Bertz CT molecular complexity index is 4210. The number of benzene rings is 10. The number of aromatic nitrogens is 3. The summed E-state index contributed by atoms with van der Waals surface area (Å²) in [7, 11) is 0. The van der Waals surface area contributed by atoms with Crippen LogP contribution in [-0.4, -0.2) is 14.5 Å². The van der Waals surface area contributed by atoms with Gasteiger partial charge in [-0.25, -0.2) is 9.97 Å². The monoisotopic (exact) mass is 819 g/mol. The molecule has 10 aromatic carbocycles. The minimum absolute atomic E-state index is 0.688. The zero-order chi connectivity index (χ0) is 41.2. The molecule has 0 saturated carbocycles. The first-order chi connectivity index (χ1) is 31.2. The lowest BCUT2D eigenvalue weighted by Crippen LogP contribution is -1.99. The number of furan rings is 1. The number of nitrogens with zero attached hydrogens (tertiary/aromatic N) is 3. The fraction of sp³-hybridized carbons (Fsp3) is 0. The van der Waals surface area contributed by atoms with Crippen LogP contribution in [0.1, 0.15) is 0 Å². The lowest BCUT2D eigenvalue weighted by molar-refractivity contribution is 0.669. The van der Waals surface area contributed by atoms with Crippen molar-refractivity contribution >= 4 is 108 Å². The van der Waals surface area contributed by atoms with Gasteiger partial charge in [0.2, 0.25) is 0 Å². The molecule has 0 aliphatic carbocycles. The van der Waals surface area contributed by atoms with Crippen LogP contribution in [0, 0.1) is 0 Å². The van der Waals surface area contributed by atoms with Crippen LogP contribution in [0.4, 0.5) is 0 Å². The molecule has 0 aliphatic heterocycles. The third-order valence-corrected chi connectivity index (χ3v) is 14.2. The molecule has 4 aromatic heterocycles. The molecule has 0 amide bonds. The quantitative estimate of drug-likeness (QED) is 0.178. The number of para-hydroxylation sites is 2. The molecule has 0 radical (unpaired) electrons. The summed E-state index contributed by atoms with van der Waals surface area (Å²) in [4.78, 5) is 10.9. The van der Waals surface area contributed by atoms with Gasteiger partial charge < -0.3 is 8.98 Å². The van der Waals surface area contributed by atoms with E-state index >= 15 is 0 Å². The van der Waals surface area contributed by atoms with Gasteiger partial charge in [-0.15, -0.1) is 11.3 Å². The van der Waals surface area contributed by atoms with Gasteiger partial charge in [0.1, 0.15) is 11.2 Å². The Labute approximate surface area is 364 Å². The second-order valence-electron chi connectivity index (χ2n) is 16.4. The zero-order valence-electron chi connectivity index (χ0n) is 33.7. The summed E-state index contributed by atoms with van der Waals surface area (Å²) in [5.74, 6) is 0.688. The topological polar surface area (TPSA) is 43.9 Å². The van der Waals surface area contributed by atoms with Gasteiger partial charge in [0.05, 0.1) is 22.2 Å². The number of rotatable bonds is 4. The molecule has 4 heterocycles. The van der Waals surface area contributed by atoms with Crippen molar-refractivity contribution in [3.63, 3.8) is 0 Å². The summed E-state index contributed by atoms with van der Waals surface area (Å²) in [6.45, 7) is 0. The van der Waals surface area contributed by atoms with Crippen LogP contribution in [0.5, 0.6) is 0 Å². The SMILES string of the molecule is c1ccc(-c2cc3c(c4ccccc24)c2c4ccccc4ccc2n3-c2cc(-c3nc(-c4ccc5c(c4)oc4ccccc45)c4ccccc4n3)c3sc4ccccc4c3c2)cc1. The van der Waals surface area contributed by atoms with Gasteiger partial charge >= 0.3 is 0 Å². The van der Waals surface area contributed by atoms with Crippen LogP contribution in [0.2, 0.25) is 0 Å². The lowest BCUT2D eigenvalue weighted by atomic mass is 9.94. The van der Waals surface area contributed by atoms with E-state index in [1.807, 2.05) is 12.1 Å². The van der Waals surface area contributed by atoms with Gasteiger partial charge in [0, 0.05) is 63.9 Å². The highest BCUT2D eigenvalue weighted by atomic mass is 32.1. The summed E-state index contributed by atoms with van der Waals surface area (Å²) in [6, 6.07) is 72.0. The predicted octanol–water partition coefficient (Wildman–Crippen LogP) is 16.3. The van der Waals surface area contributed by atoms with Gasteiger partial charge in [0.25, 0.3) is 0 Å². The Morgan fingerprint density at radius 1 is 0.413 bits per heavy atom. The molecule has 14 aromatic rings. The average Bonchev–Trinajstić information content (AvgIpc) is 4.03. The van der Waals surface area contributed by atoms with E-state index in [4.69, 9.17) is 14.4 Å². The molecule has 0 bridgehead atoms. The van der Waals surface area contributed by atoms with Gasteiger partial charge in [-0.3, -0.25) is 0 Å². The molecular formula is C58H33N3OS. The Balaban J connectivity index is 1.10. The third kappa shape index (κ3) is 5.08. The maximum absolute atomic E-state index is 6.41.